The molecule has 0 radical (unpaired) electrons. The Hall–Kier alpha value is -1.92. The first-order valence-corrected chi connectivity index (χ1v) is 4.85. The summed E-state index contributed by atoms with van der Waals surface area (Å²) >= 11 is 0. The van der Waals surface area contributed by atoms with Crippen molar-refractivity contribution in [2.75, 3.05) is 14.2 Å². The highest BCUT2D eigenvalue weighted by molar-refractivity contribution is 5.88. The van der Waals surface area contributed by atoms with Gasteiger partial charge < -0.3 is 10.1 Å². The van der Waals surface area contributed by atoms with Crippen molar-refractivity contribution in [3.8, 4) is 0 Å². The van der Waals surface area contributed by atoms with E-state index in [1.807, 2.05) is 6.92 Å². The van der Waals surface area contributed by atoms with Crippen LogP contribution in [0, 0.1) is 0 Å². The van der Waals surface area contributed by atoms with Crippen LogP contribution in [0.3, 0.4) is 0 Å². The van der Waals surface area contributed by atoms with Crippen LogP contribution in [0.15, 0.2) is 0 Å². The van der Waals surface area contributed by atoms with Gasteiger partial charge in [0.1, 0.15) is 6.54 Å². The highest BCUT2D eigenvalue weighted by Crippen LogP contribution is 2.07. The van der Waals surface area contributed by atoms with E-state index in [-0.39, 0.29) is 18.1 Å². The number of nitrogens with zero attached hydrogens (tertiary/aromatic N) is 3. The van der Waals surface area contributed by atoms with Crippen LogP contribution in [0.4, 0.5) is 0 Å². The molecule has 1 N–H and O–H groups in total. The van der Waals surface area contributed by atoms with Crippen LogP contribution in [0.1, 0.15) is 23.1 Å². The van der Waals surface area contributed by atoms with E-state index in [1.54, 1.807) is 0 Å². The Morgan fingerprint density at radius 2 is 2.19 bits per heavy atom. The van der Waals surface area contributed by atoms with Crippen molar-refractivity contribution in [2.24, 2.45) is 0 Å². The van der Waals surface area contributed by atoms with E-state index in [1.165, 1.54) is 18.8 Å². The first-order chi connectivity index (χ1) is 7.63. The first-order valence-electron chi connectivity index (χ1n) is 4.85. The summed E-state index contributed by atoms with van der Waals surface area (Å²) in [5.74, 6) is -0.740. The Labute approximate surface area is 92.8 Å². The van der Waals surface area contributed by atoms with E-state index in [9.17, 15) is 9.59 Å². The summed E-state index contributed by atoms with van der Waals surface area (Å²) in [5, 5.41) is 9.93. The lowest BCUT2D eigenvalue weighted by atomic mass is 10.2. The molecular formula is C9H14N4O3. The largest absolute Gasteiger partial charge is 0.464 e. The topological polar surface area (TPSA) is 86.1 Å². The van der Waals surface area contributed by atoms with Gasteiger partial charge in [0.15, 0.2) is 5.69 Å². The number of esters is 1. The predicted molar refractivity (Wildman–Crippen MR) is 54.8 cm³/mol. The maximum absolute atomic E-state index is 11.3. The highest BCUT2D eigenvalue weighted by Gasteiger charge is 2.19. The summed E-state index contributed by atoms with van der Waals surface area (Å²) in [7, 11) is 2.81. The molecule has 0 saturated heterocycles. The number of likely N-dealkylation sites (N-methyl/N-ethyl adjacent to an activating group) is 1. The summed E-state index contributed by atoms with van der Waals surface area (Å²) in [6, 6.07) is 0. The molecule has 0 aromatic carbocycles. The van der Waals surface area contributed by atoms with Crippen LogP contribution in [-0.2, 0) is 22.5 Å². The number of methoxy groups -OCH3 is 1. The molecular weight excluding hydrogens is 212 g/mol. The molecule has 0 aliphatic heterocycles. The molecule has 0 bridgehead atoms. The molecule has 1 aromatic rings. The minimum absolute atomic E-state index is 0.0453. The SMILES string of the molecule is CCc1c(C(=O)OC)nnn1CC(=O)NC. The van der Waals surface area contributed by atoms with Crippen molar-refractivity contribution in [3.05, 3.63) is 11.4 Å². The number of nitrogens with one attached hydrogen (secondary N) is 1. The number of carbonyl (C=O) groups excluding carboxylic acids is 2. The van der Waals surface area contributed by atoms with Crippen LogP contribution in [0.25, 0.3) is 0 Å². The maximum Gasteiger partial charge on any atom is 0.360 e. The summed E-state index contributed by atoms with van der Waals surface area (Å²) in [5.41, 5.74) is 0.754. The minimum atomic E-state index is -0.542. The van der Waals surface area contributed by atoms with E-state index in [0.29, 0.717) is 12.1 Å². The van der Waals surface area contributed by atoms with Crippen LogP contribution < -0.4 is 5.32 Å². The number of hydrogen-bond acceptors (Lipinski definition) is 5. The summed E-state index contributed by atoms with van der Waals surface area (Å²) in [4.78, 5) is 22.5. The second kappa shape index (κ2) is 5.24. The summed E-state index contributed by atoms with van der Waals surface area (Å²) in [6.45, 7) is 1.90. The smallest absolute Gasteiger partial charge is 0.360 e. The lowest BCUT2D eigenvalue weighted by molar-refractivity contribution is -0.121. The lowest BCUT2D eigenvalue weighted by Crippen LogP contribution is -2.25. The standard InChI is InChI=1S/C9H14N4O3/c1-4-6-8(9(15)16-3)11-12-13(6)5-7(14)10-2/h4-5H2,1-3H3,(H,10,14). The Kier molecular flexibility index (Phi) is 3.98. The van der Waals surface area contributed by atoms with Gasteiger partial charge >= 0.3 is 5.97 Å². The van der Waals surface area contributed by atoms with Crippen molar-refractivity contribution in [1.29, 1.82) is 0 Å². The number of amides is 1. The average Bonchev–Trinajstić information content (AvgIpc) is 2.70. The minimum Gasteiger partial charge on any atom is -0.464 e. The molecule has 88 valence electrons. The molecule has 1 heterocycles. The molecule has 1 aromatic heterocycles. The first kappa shape index (κ1) is 12.2. The zero-order valence-electron chi connectivity index (χ0n) is 9.48. The van der Waals surface area contributed by atoms with Crippen molar-refractivity contribution in [3.63, 3.8) is 0 Å². The third-order valence-corrected chi connectivity index (χ3v) is 2.12. The Bertz CT molecular complexity index is 399. The molecule has 7 heteroatoms. The van der Waals surface area contributed by atoms with Crippen molar-refractivity contribution < 1.29 is 14.3 Å². The highest BCUT2D eigenvalue weighted by atomic mass is 16.5. The fourth-order valence-corrected chi connectivity index (χ4v) is 1.28. The molecule has 1 rings (SSSR count). The molecule has 0 aliphatic rings. The van der Waals surface area contributed by atoms with E-state index in [2.05, 4.69) is 20.4 Å². The average molecular weight is 226 g/mol. The Balaban J connectivity index is 2.99. The molecule has 7 nitrogen and oxygen atoms in total. The van der Waals surface area contributed by atoms with Gasteiger partial charge in [-0.2, -0.15) is 0 Å². The van der Waals surface area contributed by atoms with E-state index in [4.69, 9.17) is 0 Å². The molecule has 0 fully saturated rings. The Morgan fingerprint density at radius 1 is 1.50 bits per heavy atom. The van der Waals surface area contributed by atoms with Crippen LogP contribution in [-0.4, -0.2) is 41.0 Å². The molecule has 0 unspecified atom stereocenters. The third kappa shape index (κ3) is 2.36. The predicted octanol–water partition coefficient (Wildman–Crippen LogP) is -0.627. The lowest BCUT2D eigenvalue weighted by Gasteiger charge is -2.04. The quantitative estimate of drug-likeness (QED) is 0.691. The van der Waals surface area contributed by atoms with Gasteiger partial charge in [-0.3, -0.25) is 4.79 Å². The van der Waals surface area contributed by atoms with Gasteiger partial charge in [0.2, 0.25) is 5.91 Å². The van der Waals surface area contributed by atoms with Gasteiger partial charge in [0, 0.05) is 7.05 Å². The fourth-order valence-electron chi connectivity index (χ4n) is 1.28. The van der Waals surface area contributed by atoms with Crippen molar-refractivity contribution >= 4 is 11.9 Å². The second-order valence-corrected chi connectivity index (χ2v) is 3.06. The molecule has 0 spiro atoms. The summed E-state index contributed by atoms with van der Waals surface area (Å²) < 4.78 is 5.96. The van der Waals surface area contributed by atoms with Gasteiger partial charge in [0.25, 0.3) is 0 Å². The zero-order valence-corrected chi connectivity index (χ0v) is 9.48. The van der Waals surface area contributed by atoms with Crippen LogP contribution in [0.2, 0.25) is 0 Å². The van der Waals surface area contributed by atoms with E-state index in [0.717, 1.165) is 0 Å². The van der Waals surface area contributed by atoms with Gasteiger partial charge in [-0.25, -0.2) is 9.48 Å². The molecule has 16 heavy (non-hydrogen) atoms. The monoisotopic (exact) mass is 226 g/mol. The summed E-state index contributed by atoms with van der Waals surface area (Å²) in [6.07, 6.45) is 0.550. The fraction of sp³-hybridized carbons (Fsp3) is 0.556. The molecule has 1 amide bonds. The normalized spacial score (nSPS) is 9.94. The number of hydrogen-bond donors (Lipinski definition) is 1. The van der Waals surface area contributed by atoms with Gasteiger partial charge in [0.05, 0.1) is 12.8 Å². The van der Waals surface area contributed by atoms with E-state index >= 15 is 0 Å². The van der Waals surface area contributed by atoms with Crippen molar-refractivity contribution in [2.45, 2.75) is 19.9 Å². The number of carbonyl (C=O) groups is 2. The zero-order chi connectivity index (χ0) is 12.1. The molecule has 0 atom stereocenters. The molecule has 0 aliphatic carbocycles. The van der Waals surface area contributed by atoms with Crippen molar-refractivity contribution in [1.82, 2.24) is 20.3 Å². The second-order valence-electron chi connectivity index (χ2n) is 3.06. The van der Waals surface area contributed by atoms with Crippen LogP contribution in [0.5, 0.6) is 0 Å². The van der Waals surface area contributed by atoms with Gasteiger partial charge in [-0.05, 0) is 6.42 Å². The van der Waals surface area contributed by atoms with E-state index < -0.39 is 5.97 Å². The third-order valence-electron chi connectivity index (χ3n) is 2.12. The number of rotatable bonds is 4. The number of aromatic nitrogens is 3. The maximum atomic E-state index is 11.3. The van der Waals surface area contributed by atoms with Gasteiger partial charge in [-0.15, -0.1) is 5.10 Å². The number of ether oxygens (including phenoxy) is 1. The molecule has 0 saturated carbocycles. The Morgan fingerprint density at radius 3 is 2.69 bits per heavy atom. The van der Waals surface area contributed by atoms with Crippen LogP contribution >= 0.6 is 0 Å². The van der Waals surface area contributed by atoms with Gasteiger partial charge in [-0.1, -0.05) is 12.1 Å².